The van der Waals surface area contributed by atoms with Crippen molar-refractivity contribution in [2.75, 3.05) is 19.0 Å². The van der Waals surface area contributed by atoms with Crippen molar-refractivity contribution in [1.82, 2.24) is 5.32 Å². The molecular formula is C20H30N2O5S. The summed E-state index contributed by atoms with van der Waals surface area (Å²) in [4.78, 5) is 24.0. The summed E-state index contributed by atoms with van der Waals surface area (Å²) in [6.07, 6.45) is 0. The van der Waals surface area contributed by atoms with Crippen molar-refractivity contribution in [3.63, 3.8) is 0 Å². The number of methoxy groups -OCH3 is 1. The second-order valence-electron chi connectivity index (χ2n) is 8.18. The van der Waals surface area contributed by atoms with Crippen molar-refractivity contribution in [2.45, 2.75) is 58.8 Å². The van der Waals surface area contributed by atoms with Crippen LogP contribution in [-0.4, -0.2) is 48.0 Å². The molecule has 0 aliphatic carbocycles. The first-order valence-corrected chi connectivity index (χ1v) is 9.34. The highest BCUT2D eigenvalue weighted by Gasteiger charge is 2.27. The van der Waals surface area contributed by atoms with Gasteiger partial charge in [-0.25, -0.2) is 9.59 Å². The van der Waals surface area contributed by atoms with Gasteiger partial charge in [0.1, 0.15) is 11.6 Å². The Morgan fingerprint density at radius 2 is 1.61 bits per heavy atom. The first kappa shape index (κ1) is 23.8. The van der Waals surface area contributed by atoms with E-state index in [1.54, 1.807) is 45.0 Å². The summed E-state index contributed by atoms with van der Waals surface area (Å²) in [5.41, 5.74) is 0.0417. The van der Waals surface area contributed by atoms with Gasteiger partial charge in [0, 0.05) is 5.69 Å². The average molecular weight is 411 g/mol. The molecule has 0 heterocycles. The highest BCUT2D eigenvalue weighted by molar-refractivity contribution is 7.80. The fraction of sp³-hybridized carbons (Fsp3) is 0.550. The summed E-state index contributed by atoms with van der Waals surface area (Å²) in [6.45, 7) is 11.2. The van der Waals surface area contributed by atoms with Crippen molar-refractivity contribution in [1.29, 1.82) is 0 Å². The van der Waals surface area contributed by atoms with Crippen LogP contribution in [0.2, 0.25) is 0 Å². The Morgan fingerprint density at radius 1 is 1.04 bits per heavy atom. The van der Waals surface area contributed by atoms with Crippen molar-refractivity contribution in [3.8, 4) is 0 Å². The predicted molar refractivity (Wildman–Crippen MR) is 112 cm³/mol. The first-order valence-electron chi connectivity index (χ1n) is 8.93. The highest BCUT2D eigenvalue weighted by atomic mass is 32.1. The maximum absolute atomic E-state index is 12.5. The number of rotatable bonds is 6. The molecule has 0 aliphatic heterocycles. The molecule has 7 nitrogen and oxygen atoms in total. The van der Waals surface area contributed by atoms with E-state index in [2.05, 4.69) is 15.4 Å². The lowest BCUT2D eigenvalue weighted by Gasteiger charge is -2.28. The number of esters is 2. The van der Waals surface area contributed by atoms with Gasteiger partial charge in [0.25, 0.3) is 0 Å². The smallest absolute Gasteiger partial charge is 0.337 e. The zero-order valence-electron chi connectivity index (χ0n) is 17.5. The standard InChI is InChI=1S/C20H30N2O5S/c1-19(2,3)26-12-15(17(24)27-20(4,5)6)22-18(28)21-14-10-8-13(9-11-14)16(23)25-7/h8-11,15H,12H2,1-7H3,(H2,21,22,28). The second kappa shape index (κ2) is 9.84. The van der Waals surface area contributed by atoms with E-state index in [1.807, 2.05) is 20.8 Å². The number of carbonyl (C=O) groups is 2. The van der Waals surface area contributed by atoms with Crippen LogP contribution in [0.4, 0.5) is 5.69 Å². The molecule has 2 N–H and O–H groups in total. The van der Waals surface area contributed by atoms with E-state index in [0.29, 0.717) is 11.3 Å². The van der Waals surface area contributed by atoms with E-state index in [1.165, 1.54) is 7.11 Å². The molecular weight excluding hydrogens is 380 g/mol. The van der Waals surface area contributed by atoms with E-state index in [9.17, 15) is 9.59 Å². The van der Waals surface area contributed by atoms with Gasteiger partial charge < -0.3 is 24.8 Å². The van der Waals surface area contributed by atoms with Gasteiger partial charge >= 0.3 is 11.9 Å². The quantitative estimate of drug-likeness (QED) is 0.546. The third-order valence-electron chi connectivity index (χ3n) is 3.24. The molecule has 0 spiro atoms. The minimum atomic E-state index is -0.771. The Hall–Kier alpha value is -2.19. The van der Waals surface area contributed by atoms with Crippen LogP contribution in [0, 0.1) is 0 Å². The largest absolute Gasteiger partial charge is 0.465 e. The van der Waals surface area contributed by atoms with Gasteiger partial charge in [0.15, 0.2) is 5.11 Å². The van der Waals surface area contributed by atoms with Crippen LogP contribution >= 0.6 is 12.2 Å². The fourth-order valence-corrected chi connectivity index (χ4v) is 2.27. The van der Waals surface area contributed by atoms with Crippen molar-refractivity contribution < 1.29 is 23.8 Å². The van der Waals surface area contributed by atoms with E-state index in [0.717, 1.165) is 0 Å². The predicted octanol–water partition coefficient (Wildman–Crippen LogP) is 3.29. The Morgan fingerprint density at radius 3 is 2.07 bits per heavy atom. The van der Waals surface area contributed by atoms with E-state index in [-0.39, 0.29) is 11.7 Å². The fourth-order valence-electron chi connectivity index (χ4n) is 2.01. The zero-order chi connectivity index (χ0) is 21.5. The minimum Gasteiger partial charge on any atom is -0.465 e. The van der Waals surface area contributed by atoms with Crippen LogP contribution in [0.5, 0.6) is 0 Å². The highest BCUT2D eigenvalue weighted by Crippen LogP contribution is 2.13. The number of carbonyl (C=O) groups excluding carboxylic acids is 2. The first-order chi connectivity index (χ1) is 12.8. The monoisotopic (exact) mass is 410 g/mol. The van der Waals surface area contributed by atoms with Gasteiger partial charge in [0.05, 0.1) is 24.9 Å². The number of hydrogen-bond donors (Lipinski definition) is 2. The number of ether oxygens (including phenoxy) is 3. The molecule has 0 bridgehead atoms. The third kappa shape index (κ3) is 9.14. The minimum absolute atomic E-state index is 0.0987. The topological polar surface area (TPSA) is 85.9 Å². The Labute approximate surface area is 172 Å². The molecule has 156 valence electrons. The molecule has 0 saturated carbocycles. The molecule has 0 aliphatic rings. The lowest BCUT2D eigenvalue weighted by molar-refractivity contribution is -0.159. The summed E-state index contributed by atoms with van der Waals surface area (Å²) in [7, 11) is 1.32. The number of thiocarbonyl (C=S) groups is 1. The van der Waals surface area contributed by atoms with Gasteiger partial charge in [-0.15, -0.1) is 0 Å². The number of anilines is 1. The lowest BCUT2D eigenvalue weighted by Crippen LogP contribution is -2.49. The van der Waals surface area contributed by atoms with Gasteiger partial charge in [-0.05, 0) is 78.0 Å². The van der Waals surface area contributed by atoms with Crippen molar-refractivity contribution >= 4 is 35.0 Å². The van der Waals surface area contributed by atoms with Crippen molar-refractivity contribution in [3.05, 3.63) is 29.8 Å². The van der Waals surface area contributed by atoms with Crippen LogP contribution in [0.3, 0.4) is 0 Å². The summed E-state index contributed by atoms with van der Waals surface area (Å²) >= 11 is 5.31. The summed E-state index contributed by atoms with van der Waals surface area (Å²) in [5.74, 6) is -0.876. The van der Waals surface area contributed by atoms with Crippen LogP contribution in [0.15, 0.2) is 24.3 Å². The Bertz CT molecular complexity index is 690. The molecule has 1 unspecified atom stereocenters. The molecule has 1 aromatic rings. The molecule has 1 rings (SSSR count). The van der Waals surface area contributed by atoms with Gasteiger partial charge in [0.2, 0.25) is 0 Å². The molecule has 0 fully saturated rings. The second-order valence-corrected chi connectivity index (χ2v) is 8.59. The van der Waals surface area contributed by atoms with E-state index >= 15 is 0 Å². The average Bonchev–Trinajstić information content (AvgIpc) is 2.56. The zero-order valence-corrected chi connectivity index (χ0v) is 18.4. The lowest BCUT2D eigenvalue weighted by atomic mass is 10.1. The van der Waals surface area contributed by atoms with Crippen LogP contribution in [0.1, 0.15) is 51.9 Å². The number of hydrogen-bond acceptors (Lipinski definition) is 6. The molecule has 8 heteroatoms. The van der Waals surface area contributed by atoms with Crippen LogP contribution in [-0.2, 0) is 19.0 Å². The molecule has 0 aromatic heterocycles. The van der Waals surface area contributed by atoms with Gasteiger partial charge in [-0.2, -0.15) is 0 Å². The Balaban J connectivity index is 2.78. The number of benzene rings is 1. The molecule has 1 aromatic carbocycles. The van der Waals surface area contributed by atoms with Crippen LogP contribution in [0.25, 0.3) is 0 Å². The van der Waals surface area contributed by atoms with E-state index in [4.69, 9.17) is 21.7 Å². The maximum Gasteiger partial charge on any atom is 0.337 e. The number of nitrogens with one attached hydrogen (secondary N) is 2. The summed E-state index contributed by atoms with van der Waals surface area (Å²) in [6, 6.07) is 5.84. The van der Waals surface area contributed by atoms with E-state index < -0.39 is 29.2 Å². The molecule has 0 amide bonds. The normalized spacial score (nSPS) is 12.7. The summed E-state index contributed by atoms with van der Waals surface area (Å²) in [5, 5.41) is 6.15. The van der Waals surface area contributed by atoms with Crippen molar-refractivity contribution in [2.24, 2.45) is 0 Å². The SMILES string of the molecule is COC(=O)c1ccc(NC(=S)NC(COC(C)(C)C)C(=O)OC(C)(C)C)cc1. The third-order valence-corrected chi connectivity index (χ3v) is 3.46. The molecule has 0 saturated heterocycles. The van der Waals surface area contributed by atoms with Crippen LogP contribution < -0.4 is 10.6 Å². The van der Waals surface area contributed by atoms with Gasteiger partial charge in [-0.3, -0.25) is 0 Å². The molecule has 0 radical (unpaired) electrons. The Kier molecular flexibility index (Phi) is 8.38. The molecule has 28 heavy (non-hydrogen) atoms. The summed E-state index contributed by atoms with van der Waals surface area (Å²) < 4.78 is 15.8. The molecule has 1 atom stereocenters. The maximum atomic E-state index is 12.5. The van der Waals surface area contributed by atoms with Gasteiger partial charge in [-0.1, -0.05) is 0 Å².